The minimum absolute atomic E-state index is 0.0203. The number of amides is 1. The maximum absolute atomic E-state index is 12.7. The van der Waals surface area contributed by atoms with Crippen LogP contribution in [0.1, 0.15) is 78.6 Å². The van der Waals surface area contributed by atoms with Crippen LogP contribution in [0.2, 0.25) is 0 Å². The molecule has 0 aliphatic heterocycles. The molecule has 2 heterocycles. The fraction of sp³-hybridized carbons (Fsp3) is 0.400. The van der Waals surface area contributed by atoms with E-state index in [1.807, 2.05) is 22.3 Å². The Labute approximate surface area is 187 Å². The summed E-state index contributed by atoms with van der Waals surface area (Å²) in [6.45, 7) is 8.18. The summed E-state index contributed by atoms with van der Waals surface area (Å²) in [4.78, 5) is 24.8. The molecule has 6 heteroatoms. The molecule has 0 fully saturated rings. The zero-order valence-electron chi connectivity index (χ0n) is 18.6. The number of carbonyl (C=O) groups excluding carboxylic acids is 2. The first-order valence-electron chi connectivity index (χ1n) is 10.8. The van der Waals surface area contributed by atoms with Crippen molar-refractivity contribution in [2.75, 3.05) is 0 Å². The van der Waals surface area contributed by atoms with Crippen LogP contribution in [0.15, 0.2) is 41.9 Å². The predicted molar refractivity (Wildman–Crippen MR) is 124 cm³/mol. The average molecular weight is 436 g/mol. The Hall–Kier alpha value is -2.73. The maximum atomic E-state index is 12.7. The van der Waals surface area contributed by atoms with E-state index in [4.69, 9.17) is 0 Å². The summed E-state index contributed by atoms with van der Waals surface area (Å²) in [5.74, 6) is 0.0181. The molecule has 3 aromatic rings. The van der Waals surface area contributed by atoms with Crippen molar-refractivity contribution in [1.82, 2.24) is 15.1 Å². The molecule has 1 amide bonds. The molecule has 0 bridgehead atoms. The van der Waals surface area contributed by atoms with Crippen LogP contribution in [-0.4, -0.2) is 21.5 Å². The van der Waals surface area contributed by atoms with Gasteiger partial charge in [-0.1, -0.05) is 32.9 Å². The summed E-state index contributed by atoms with van der Waals surface area (Å²) in [5, 5.41) is 9.73. The smallest absolute Gasteiger partial charge is 0.224 e. The van der Waals surface area contributed by atoms with Crippen molar-refractivity contribution in [3.63, 3.8) is 0 Å². The highest BCUT2D eigenvalue weighted by Crippen LogP contribution is 2.32. The third kappa shape index (κ3) is 4.64. The van der Waals surface area contributed by atoms with E-state index in [2.05, 4.69) is 55.5 Å². The molecular formula is C25H29N3O2S. The van der Waals surface area contributed by atoms with E-state index >= 15 is 0 Å². The highest BCUT2D eigenvalue weighted by Gasteiger charge is 2.26. The van der Waals surface area contributed by atoms with Gasteiger partial charge in [-0.2, -0.15) is 5.10 Å². The molecule has 0 spiro atoms. The number of benzene rings is 1. The van der Waals surface area contributed by atoms with Gasteiger partial charge in [0.05, 0.1) is 29.2 Å². The molecule has 1 aromatic carbocycles. The molecule has 1 unspecified atom stereocenters. The number of hydrogen-bond donors (Lipinski definition) is 1. The first-order valence-corrected chi connectivity index (χ1v) is 11.7. The van der Waals surface area contributed by atoms with Gasteiger partial charge >= 0.3 is 0 Å². The van der Waals surface area contributed by atoms with Crippen molar-refractivity contribution in [1.29, 1.82) is 0 Å². The molecule has 4 rings (SSSR count). The SMILES string of the molecule is CC(=O)c1cc(CC(=O)NC2CCCc3c2cnn3-c2ccc(C(C)(C)C)cc2)cs1. The topological polar surface area (TPSA) is 64.0 Å². The highest BCUT2D eigenvalue weighted by atomic mass is 32.1. The normalized spacial score (nSPS) is 16.1. The first-order chi connectivity index (χ1) is 14.7. The second-order valence-electron chi connectivity index (χ2n) is 9.32. The van der Waals surface area contributed by atoms with E-state index in [1.54, 1.807) is 6.92 Å². The molecule has 31 heavy (non-hydrogen) atoms. The van der Waals surface area contributed by atoms with E-state index in [0.717, 1.165) is 36.1 Å². The highest BCUT2D eigenvalue weighted by molar-refractivity contribution is 7.12. The number of fused-ring (bicyclic) bond motifs is 1. The van der Waals surface area contributed by atoms with Gasteiger partial charge in [0, 0.05) is 11.3 Å². The van der Waals surface area contributed by atoms with Crippen LogP contribution in [0.4, 0.5) is 0 Å². The number of rotatable bonds is 5. The quantitative estimate of drug-likeness (QED) is 0.562. The van der Waals surface area contributed by atoms with Crippen molar-refractivity contribution >= 4 is 23.0 Å². The van der Waals surface area contributed by atoms with E-state index in [-0.39, 0.29) is 29.6 Å². The van der Waals surface area contributed by atoms with Gasteiger partial charge < -0.3 is 5.32 Å². The number of carbonyl (C=O) groups is 2. The van der Waals surface area contributed by atoms with Crippen LogP contribution in [0.25, 0.3) is 5.69 Å². The van der Waals surface area contributed by atoms with Gasteiger partial charge in [0.1, 0.15) is 0 Å². The van der Waals surface area contributed by atoms with Crippen LogP contribution >= 0.6 is 11.3 Å². The lowest BCUT2D eigenvalue weighted by Gasteiger charge is -2.24. The van der Waals surface area contributed by atoms with Crippen LogP contribution in [-0.2, 0) is 23.1 Å². The number of thiophene rings is 1. The lowest BCUT2D eigenvalue weighted by atomic mass is 9.87. The minimum Gasteiger partial charge on any atom is -0.349 e. The van der Waals surface area contributed by atoms with E-state index in [9.17, 15) is 9.59 Å². The lowest BCUT2D eigenvalue weighted by Crippen LogP contribution is -2.32. The fourth-order valence-corrected chi connectivity index (χ4v) is 4.93. The Balaban J connectivity index is 1.49. The maximum Gasteiger partial charge on any atom is 0.224 e. The van der Waals surface area contributed by atoms with Gasteiger partial charge in [-0.3, -0.25) is 9.59 Å². The van der Waals surface area contributed by atoms with E-state index in [1.165, 1.54) is 22.6 Å². The second kappa shape index (κ2) is 8.42. The number of Topliss-reactive ketones (excluding diaryl/α,β-unsaturated/α-hetero) is 1. The molecule has 162 valence electrons. The zero-order valence-corrected chi connectivity index (χ0v) is 19.4. The van der Waals surface area contributed by atoms with Gasteiger partial charge in [-0.05, 0) is 66.3 Å². The molecule has 1 aliphatic carbocycles. The monoisotopic (exact) mass is 435 g/mol. The van der Waals surface area contributed by atoms with Gasteiger partial charge in [0.15, 0.2) is 5.78 Å². The number of aromatic nitrogens is 2. The number of nitrogens with zero attached hydrogens (tertiary/aromatic N) is 2. The Morgan fingerprint density at radius 3 is 2.61 bits per heavy atom. The first kappa shape index (κ1) is 21.5. The Kier molecular flexibility index (Phi) is 5.84. The Morgan fingerprint density at radius 2 is 1.97 bits per heavy atom. The standard InChI is InChI=1S/C25H29N3O2S/c1-16(29)23-12-17(15-31-23)13-24(30)27-21-6-5-7-22-20(21)14-26-28(22)19-10-8-18(9-11-19)25(2,3)4/h8-12,14-15,21H,5-7,13H2,1-4H3,(H,27,30). The lowest BCUT2D eigenvalue weighted by molar-refractivity contribution is -0.121. The number of ketones is 1. The molecule has 0 radical (unpaired) electrons. The van der Waals surface area contributed by atoms with Crippen molar-refractivity contribution in [2.45, 2.75) is 64.8 Å². The molecule has 5 nitrogen and oxygen atoms in total. The van der Waals surface area contributed by atoms with Crippen molar-refractivity contribution in [3.8, 4) is 5.69 Å². The van der Waals surface area contributed by atoms with E-state index < -0.39 is 0 Å². The number of hydrogen-bond acceptors (Lipinski definition) is 4. The minimum atomic E-state index is -0.0234. The summed E-state index contributed by atoms with van der Waals surface area (Å²) in [7, 11) is 0. The third-order valence-electron chi connectivity index (χ3n) is 5.86. The molecule has 1 N–H and O–H groups in total. The van der Waals surface area contributed by atoms with Crippen molar-refractivity contribution in [3.05, 3.63) is 69.2 Å². The van der Waals surface area contributed by atoms with Crippen LogP contribution < -0.4 is 5.32 Å². The van der Waals surface area contributed by atoms with Crippen molar-refractivity contribution in [2.24, 2.45) is 0 Å². The summed E-state index contributed by atoms with van der Waals surface area (Å²) in [6, 6.07) is 10.4. The average Bonchev–Trinajstić information content (AvgIpc) is 3.35. The Bertz CT molecular complexity index is 1100. The van der Waals surface area contributed by atoms with Crippen LogP contribution in [0.3, 0.4) is 0 Å². The third-order valence-corrected chi connectivity index (χ3v) is 6.94. The number of nitrogens with one attached hydrogen (secondary N) is 1. The molecule has 0 saturated heterocycles. The Morgan fingerprint density at radius 1 is 1.23 bits per heavy atom. The summed E-state index contributed by atoms with van der Waals surface area (Å²) >= 11 is 1.39. The summed E-state index contributed by atoms with van der Waals surface area (Å²) < 4.78 is 2.01. The molecule has 1 aliphatic rings. The van der Waals surface area contributed by atoms with Gasteiger partial charge in [0.25, 0.3) is 0 Å². The van der Waals surface area contributed by atoms with Crippen molar-refractivity contribution < 1.29 is 9.59 Å². The summed E-state index contributed by atoms with van der Waals surface area (Å²) in [6.07, 6.45) is 5.06. The van der Waals surface area contributed by atoms with Gasteiger partial charge in [-0.15, -0.1) is 11.3 Å². The largest absolute Gasteiger partial charge is 0.349 e. The van der Waals surface area contributed by atoms with E-state index in [0.29, 0.717) is 4.88 Å². The predicted octanol–water partition coefficient (Wildman–Crippen LogP) is 5.17. The van der Waals surface area contributed by atoms with Crippen LogP contribution in [0.5, 0.6) is 0 Å². The molecule has 1 atom stereocenters. The second-order valence-corrected chi connectivity index (χ2v) is 10.2. The van der Waals surface area contributed by atoms with Gasteiger partial charge in [0.2, 0.25) is 5.91 Å². The van der Waals surface area contributed by atoms with Gasteiger partial charge in [-0.25, -0.2) is 4.68 Å². The zero-order chi connectivity index (χ0) is 22.2. The fourth-order valence-electron chi connectivity index (χ4n) is 4.12. The molecular weight excluding hydrogens is 406 g/mol. The molecule has 0 saturated carbocycles. The molecule has 2 aromatic heterocycles. The summed E-state index contributed by atoms with van der Waals surface area (Å²) in [5.41, 5.74) is 5.63. The van der Waals surface area contributed by atoms with Crippen LogP contribution in [0, 0.1) is 0 Å².